The summed E-state index contributed by atoms with van der Waals surface area (Å²) in [7, 11) is 0. The molecule has 0 aliphatic heterocycles. The first-order chi connectivity index (χ1) is 12.8. The Kier molecular flexibility index (Phi) is 5.16. The SMILES string of the molecule is CC(=O)c1cccc(Nc2c(C(=O)OC(C)C)cnc3nc(C)ccc23)c1. The van der Waals surface area contributed by atoms with Crippen LogP contribution < -0.4 is 5.32 Å². The number of aromatic nitrogens is 2. The van der Waals surface area contributed by atoms with Crippen molar-refractivity contribution < 1.29 is 14.3 Å². The maximum absolute atomic E-state index is 12.6. The molecule has 2 aromatic heterocycles. The number of ketones is 1. The number of benzene rings is 1. The van der Waals surface area contributed by atoms with E-state index in [1.807, 2.05) is 25.1 Å². The fourth-order valence-corrected chi connectivity index (χ4v) is 2.70. The molecule has 0 fully saturated rings. The molecular weight excluding hydrogens is 342 g/mol. The van der Waals surface area contributed by atoms with E-state index in [9.17, 15) is 9.59 Å². The molecule has 3 aromatic rings. The van der Waals surface area contributed by atoms with Crippen LogP contribution in [0.2, 0.25) is 0 Å². The Morgan fingerprint density at radius 1 is 1.15 bits per heavy atom. The number of nitrogens with zero attached hydrogens (tertiary/aromatic N) is 2. The highest BCUT2D eigenvalue weighted by molar-refractivity contribution is 6.05. The van der Waals surface area contributed by atoms with Gasteiger partial charge in [-0.05, 0) is 52.0 Å². The number of aryl methyl sites for hydroxylation is 1. The number of fused-ring (bicyclic) bond motifs is 1. The number of hydrogen-bond acceptors (Lipinski definition) is 6. The summed E-state index contributed by atoms with van der Waals surface area (Å²) in [6, 6.07) is 10.8. The van der Waals surface area contributed by atoms with Crippen molar-refractivity contribution in [2.45, 2.75) is 33.8 Å². The van der Waals surface area contributed by atoms with E-state index in [0.29, 0.717) is 33.5 Å². The van der Waals surface area contributed by atoms with Crippen molar-refractivity contribution in [1.82, 2.24) is 9.97 Å². The van der Waals surface area contributed by atoms with Crippen LogP contribution in [0.25, 0.3) is 11.0 Å². The van der Waals surface area contributed by atoms with Crippen molar-refractivity contribution in [3.8, 4) is 0 Å². The Morgan fingerprint density at radius 3 is 2.63 bits per heavy atom. The summed E-state index contributed by atoms with van der Waals surface area (Å²) in [5, 5.41) is 3.95. The van der Waals surface area contributed by atoms with E-state index in [-0.39, 0.29) is 11.9 Å². The Balaban J connectivity index is 2.14. The largest absolute Gasteiger partial charge is 0.459 e. The maximum Gasteiger partial charge on any atom is 0.342 e. The maximum atomic E-state index is 12.6. The lowest BCUT2D eigenvalue weighted by Crippen LogP contribution is -2.14. The normalized spacial score (nSPS) is 10.9. The third-order valence-corrected chi connectivity index (χ3v) is 3.97. The third-order valence-electron chi connectivity index (χ3n) is 3.97. The molecule has 0 saturated carbocycles. The molecule has 27 heavy (non-hydrogen) atoms. The molecule has 138 valence electrons. The van der Waals surface area contributed by atoms with Crippen LogP contribution in [0.4, 0.5) is 11.4 Å². The zero-order valence-electron chi connectivity index (χ0n) is 15.7. The predicted molar refractivity (Wildman–Crippen MR) is 105 cm³/mol. The lowest BCUT2D eigenvalue weighted by atomic mass is 10.1. The van der Waals surface area contributed by atoms with Gasteiger partial charge in [-0.15, -0.1) is 0 Å². The van der Waals surface area contributed by atoms with Crippen molar-refractivity contribution in [3.63, 3.8) is 0 Å². The number of hydrogen-bond donors (Lipinski definition) is 1. The molecule has 0 radical (unpaired) electrons. The van der Waals surface area contributed by atoms with E-state index >= 15 is 0 Å². The smallest absolute Gasteiger partial charge is 0.342 e. The van der Waals surface area contributed by atoms with Crippen molar-refractivity contribution in [3.05, 3.63) is 59.4 Å². The van der Waals surface area contributed by atoms with E-state index < -0.39 is 5.97 Å². The fourth-order valence-electron chi connectivity index (χ4n) is 2.70. The number of anilines is 2. The number of rotatable bonds is 5. The molecule has 2 heterocycles. The molecule has 0 aliphatic rings. The van der Waals surface area contributed by atoms with E-state index in [1.165, 1.54) is 13.1 Å². The Hall–Kier alpha value is -3.28. The van der Waals surface area contributed by atoms with Gasteiger partial charge in [0, 0.05) is 28.5 Å². The van der Waals surface area contributed by atoms with Gasteiger partial charge in [0.1, 0.15) is 5.56 Å². The first kappa shape index (κ1) is 18.5. The lowest BCUT2D eigenvalue weighted by Gasteiger charge is -2.15. The fraction of sp³-hybridized carbons (Fsp3) is 0.238. The van der Waals surface area contributed by atoms with Crippen LogP contribution in [-0.2, 0) is 4.74 Å². The zero-order valence-corrected chi connectivity index (χ0v) is 15.7. The van der Waals surface area contributed by atoms with Crippen LogP contribution in [0.3, 0.4) is 0 Å². The molecule has 3 rings (SSSR count). The quantitative estimate of drug-likeness (QED) is 0.533. The molecule has 0 unspecified atom stereocenters. The van der Waals surface area contributed by atoms with Crippen molar-refractivity contribution >= 4 is 34.2 Å². The zero-order chi connectivity index (χ0) is 19.6. The average Bonchev–Trinajstić information content (AvgIpc) is 2.61. The summed E-state index contributed by atoms with van der Waals surface area (Å²) in [4.78, 5) is 33.0. The molecular formula is C21H21N3O3. The van der Waals surface area contributed by atoms with Gasteiger partial charge in [0.15, 0.2) is 11.4 Å². The van der Waals surface area contributed by atoms with Gasteiger partial charge in [0.05, 0.1) is 11.8 Å². The Morgan fingerprint density at radius 2 is 1.93 bits per heavy atom. The molecule has 1 aromatic carbocycles. The molecule has 0 atom stereocenters. The second-order valence-corrected chi connectivity index (χ2v) is 6.59. The highest BCUT2D eigenvalue weighted by atomic mass is 16.5. The van der Waals surface area contributed by atoms with Crippen molar-refractivity contribution in [2.24, 2.45) is 0 Å². The van der Waals surface area contributed by atoms with Gasteiger partial charge in [-0.25, -0.2) is 14.8 Å². The van der Waals surface area contributed by atoms with Gasteiger partial charge >= 0.3 is 5.97 Å². The number of nitrogens with one attached hydrogen (secondary N) is 1. The van der Waals surface area contributed by atoms with Crippen LogP contribution in [0.1, 0.15) is 47.2 Å². The Bertz CT molecular complexity index is 1030. The summed E-state index contributed by atoms with van der Waals surface area (Å²) in [6.07, 6.45) is 1.22. The molecule has 0 bridgehead atoms. The topological polar surface area (TPSA) is 81.2 Å². The monoisotopic (exact) mass is 363 g/mol. The summed E-state index contributed by atoms with van der Waals surface area (Å²) < 4.78 is 5.36. The second kappa shape index (κ2) is 7.53. The molecule has 0 spiro atoms. The van der Waals surface area contributed by atoms with Crippen molar-refractivity contribution in [1.29, 1.82) is 0 Å². The average molecular weight is 363 g/mol. The van der Waals surface area contributed by atoms with Crippen LogP contribution in [0, 0.1) is 6.92 Å². The second-order valence-electron chi connectivity index (χ2n) is 6.59. The first-order valence-electron chi connectivity index (χ1n) is 8.70. The van der Waals surface area contributed by atoms with Gasteiger partial charge in [-0.3, -0.25) is 4.79 Å². The van der Waals surface area contributed by atoms with Crippen molar-refractivity contribution in [2.75, 3.05) is 5.32 Å². The van der Waals surface area contributed by atoms with Crippen LogP contribution in [0.5, 0.6) is 0 Å². The molecule has 6 heteroatoms. The van der Waals surface area contributed by atoms with Gasteiger partial charge in [-0.1, -0.05) is 12.1 Å². The number of ether oxygens (including phenoxy) is 1. The van der Waals surface area contributed by atoms with Gasteiger partial charge in [0.25, 0.3) is 0 Å². The minimum atomic E-state index is -0.467. The van der Waals surface area contributed by atoms with E-state index in [0.717, 1.165) is 5.69 Å². The standard InChI is InChI=1S/C21H21N3O3/c1-12(2)27-21(26)18-11-22-20-17(9-8-13(3)23-20)19(18)24-16-7-5-6-15(10-16)14(4)25/h5-12H,1-4H3,(H,22,23,24). The summed E-state index contributed by atoms with van der Waals surface area (Å²) in [5.41, 5.74) is 3.50. The molecule has 1 N–H and O–H groups in total. The summed E-state index contributed by atoms with van der Waals surface area (Å²) >= 11 is 0. The van der Waals surface area contributed by atoms with E-state index in [4.69, 9.17) is 4.74 Å². The number of carbonyl (C=O) groups is 2. The molecule has 0 amide bonds. The highest BCUT2D eigenvalue weighted by Crippen LogP contribution is 2.29. The number of Topliss-reactive ketones (excluding diaryl/α,β-unsaturated/α-hetero) is 1. The summed E-state index contributed by atoms with van der Waals surface area (Å²) in [5.74, 6) is -0.500. The minimum absolute atomic E-state index is 0.0324. The number of pyridine rings is 2. The number of esters is 1. The highest BCUT2D eigenvalue weighted by Gasteiger charge is 2.19. The summed E-state index contributed by atoms with van der Waals surface area (Å²) in [6.45, 7) is 6.98. The Labute approximate surface area is 157 Å². The predicted octanol–water partition coefficient (Wildman–Crippen LogP) is 4.45. The lowest BCUT2D eigenvalue weighted by molar-refractivity contribution is 0.0378. The van der Waals surface area contributed by atoms with Crippen LogP contribution in [0.15, 0.2) is 42.6 Å². The van der Waals surface area contributed by atoms with Gasteiger partial charge in [0.2, 0.25) is 0 Å². The molecule has 6 nitrogen and oxygen atoms in total. The molecule has 0 aliphatic carbocycles. The number of carbonyl (C=O) groups excluding carboxylic acids is 2. The van der Waals surface area contributed by atoms with Gasteiger partial charge < -0.3 is 10.1 Å². The van der Waals surface area contributed by atoms with Crippen LogP contribution >= 0.6 is 0 Å². The minimum Gasteiger partial charge on any atom is -0.459 e. The first-order valence-corrected chi connectivity index (χ1v) is 8.70. The van der Waals surface area contributed by atoms with Gasteiger partial charge in [-0.2, -0.15) is 0 Å². The third kappa shape index (κ3) is 4.11. The van der Waals surface area contributed by atoms with E-state index in [2.05, 4.69) is 15.3 Å². The van der Waals surface area contributed by atoms with E-state index in [1.54, 1.807) is 32.0 Å². The van der Waals surface area contributed by atoms with Crippen LogP contribution in [-0.4, -0.2) is 27.8 Å². The molecule has 0 saturated heterocycles.